The molecule has 1 saturated carbocycles. The number of rotatable bonds is 2. The predicted molar refractivity (Wildman–Crippen MR) is 83.0 cm³/mol. The molecule has 0 aromatic heterocycles. The molecule has 21 heavy (non-hydrogen) atoms. The van der Waals surface area contributed by atoms with Crippen molar-refractivity contribution in [2.24, 2.45) is 0 Å². The maximum absolute atomic E-state index is 12.3. The van der Waals surface area contributed by atoms with Crippen LogP contribution in [-0.2, 0) is 4.79 Å². The van der Waals surface area contributed by atoms with Crippen molar-refractivity contribution >= 4 is 11.9 Å². The molecule has 1 atom stereocenters. The summed E-state index contributed by atoms with van der Waals surface area (Å²) in [6.45, 7) is 6.71. The molecule has 0 radical (unpaired) electrons. The summed E-state index contributed by atoms with van der Waals surface area (Å²) < 4.78 is 0. The van der Waals surface area contributed by atoms with Crippen LogP contribution in [0, 0.1) is 0 Å². The number of likely N-dealkylation sites (tertiary alicyclic amines) is 1. The maximum Gasteiger partial charge on any atom is 0.317 e. The van der Waals surface area contributed by atoms with Crippen molar-refractivity contribution in [2.45, 2.75) is 76.9 Å². The Bertz CT molecular complexity index is 397. The Balaban J connectivity index is 1.87. The molecule has 0 aromatic carbocycles. The summed E-state index contributed by atoms with van der Waals surface area (Å²) in [7, 11) is 1.88. The molecule has 1 aliphatic carbocycles. The van der Waals surface area contributed by atoms with Gasteiger partial charge >= 0.3 is 6.03 Å². The maximum atomic E-state index is 12.3. The van der Waals surface area contributed by atoms with Crippen LogP contribution in [0.4, 0.5) is 4.79 Å². The number of nitrogens with one attached hydrogen (secondary N) is 1. The van der Waals surface area contributed by atoms with Crippen molar-refractivity contribution in [1.29, 1.82) is 0 Å². The van der Waals surface area contributed by atoms with Gasteiger partial charge in [0.15, 0.2) is 0 Å². The van der Waals surface area contributed by atoms with Crippen LogP contribution in [0.5, 0.6) is 0 Å². The Kier molecular flexibility index (Phi) is 4.79. The van der Waals surface area contributed by atoms with Gasteiger partial charge in [0.05, 0.1) is 6.04 Å². The van der Waals surface area contributed by atoms with Crippen LogP contribution in [-0.4, -0.2) is 53.0 Å². The van der Waals surface area contributed by atoms with Crippen molar-refractivity contribution in [3.8, 4) is 0 Å². The minimum Gasteiger partial charge on any atom is -0.336 e. The van der Waals surface area contributed by atoms with E-state index in [1.807, 2.05) is 37.6 Å². The van der Waals surface area contributed by atoms with Gasteiger partial charge in [-0.3, -0.25) is 4.79 Å². The molecule has 120 valence electrons. The van der Waals surface area contributed by atoms with Gasteiger partial charge in [-0.2, -0.15) is 0 Å². The number of carbonyl (C=O) groups is 2. The van der Waals surface area contributed by atoms with E-state index in [9.17, 15) is 9.59 Å². The molecule has 2 rings (SSSR count). The molecule has 5 nitrogen and oxygen atoms in total. The second-order valence-electron chi connectivity index (χ2n) is 7.43. The average Bonchev–Trinajstić information content (AvgIpc) is 2.79. The third-order valence-corrected chi connectivity index (χ3v) is 4.71. The highest BCUT2D eigenvalue weighted by Crippen LogP contribution is 2.23. The van der Waals surface area contributed by atoms with E-state index in [-0.39, 0.29) is 23.5 Å². The summed E-state index contributed by atoms with van der Waals surface area (Å²) in [5.41, 5.74) is -0.175. The lowest BCUT2D eigenvalue weighted by molar-refractivity contribution is -0.131. The van der Waals surface area contributed by atoms with Crippen LogP contribution in [0.2, 0.25) is 0 Å². The van der Waals surface area contributed by atoms with Gasteiger partial charge in [-0.15, -0.1) is 0 Å². The summed E-state index contributed by atoms with van der Waals surface area (Å²) in [5, 5.41) is 3.03. The normalized spacial score (nSPS) is 24.3. The minimum absolute atomic E-state index is 0.0320. The van der Waals surface area contributed by atoms with Gasteiger partial charge in [-0.1, -0.05) is 19.3 Å². The monoisotopic (exact) mass is 295 g/mol. The van der Waals surface area contributed by atoms with Gasteiger partial charge in [-0.05, 0) is 33.6 Å². The first-order valence-corrected chi connectivity index (χ1v) is 8.13. The number of amides is 3. The molecule has 2 aliphatic rings. The van der Waals surface area contributed by atoms with E-state index in [0.717, 1.165) is 12.8 Å². The van der Waals surface area contributed by atoms with Crippen molar-refractivity contribution in [3.63, 3.8) is 0 Å². The molecule has 1 saturated heterocycles. The molecule has 0 bridgehead atoms. The molecule has 1 heterocycles. The largest absolute Gasteiger partial charge is 0.336 e. The minimum atomic E-state index is -0.175. The SMILES string of the molecule is CN(C(=O)N[C@@H]1CC(=O)N(C(C)(C)C)C1)C1CCCCC1. The fourth-order valence-corrected chi connectivity index (χ4v) is 3.36. The Labute approximate surface area is 128 Å². The summed E-state index contributed by atoms with van der Waals surface area (Å²) in [6, 6.07) is 0.264. The first-order valence-electron chi connectivity index (χ1n) is 8.13. The van der Waals surface area contributed by atoms with Crippen molar-refractivity contribution < 1.29 is 9.59 Å². The standard InChI is InChI=1S/C16H29N3O2/c1-16(2,3)19-11-12(10-14(19)20)17-15(21)18(4)13-8-6-5-7-9-13/h12-13H,5-11H2,1-4H3,(H,17,21)/t12-/m1/s1. The lowest BCUT2D eigenvalue weighted by Gasteiger charge is -2.33. The summed E-state index contributed by atoms with van der Waals surface area (Å²) in [4.78, 5) is 28.1. The number of hydrogen-bond acceptors (Lipinski definition) is 2. The Morgan fingerprint density at radius 3 is 2.38 bits per heavy atom. The number of hydrogen-bond donors (Lipinski definition) is 1. The topological polar surface area (TPSA) is 52.7 Å². The second kappa shape index (κ2) is 6.24. The van der Waals surface area contributed by atoms with E-state index in [1.54, 1.807) is 0 Å². The second-order valence-corrected chi connectivity index (χ2v) is 7.43. The molecule has 0 spiro atoms. The van der Waals surface area contributed by atoms with Crippen molar-refractivity contribution in [2.75, 3.05) is 13.6 Å². The highest BCUT2D eigenvalue weighted by molar-refractivity contribution is 5.82. The molecule has 1 N–H and O–H groups in total. The number of nitrogens with zero attached hydrogens (tertiary/aromatic N) is 2. The van der Waals surface area contributed by atoms with E-state index in [0.29, 0.717) is 19.0 Å². The Morgan fingerprint density at radius 2 is 1.86 bits per heavy atom. The quantitative estimate of drug-likeness (QED) is 0.850. The van der Waals surface area contributed by atoms with E-state index in [4.69, 9.17) is 0 Å². The zero-order valence-corrected chi connectivity index (χ0v) is 13.8. The fourth-order valence-electron chi connectivity index (χ4n) is 3.36. The first kappa shape index (κ1) is 16.1. The summed E-state index contributed by atoms with van der Waals surface area (Å²) in [6.07, 6.45) is 6.32. The molecule has 5 heteroatoms. The Morgan fingerprint density at radius 1 is 1.24 bits per heavy atom. The Hall–Kier alpha value is -1.26. The lowest BCUT2D eigenvalue weighted by Crippen LogP contribution is -2.49. The van der Waals surface area contributed by atoms with E-state index >= 15 is 0 Å². The van der Waals surface area contributed by atoms with Crippen molar-refractivity contribution in [1.82, 2.24) is 15.1 Å². The lowest BCUT2D eigenvalue weighted by atomic mass is 9.95. The van der Waals surface area contributed by atoms with Crippen molar-refractivity contribution in [3.05, 3.63) is 0 Å². The summed E-state index contributed by atoms with van der Waals surface area (Å²) >= 11 is 0. The number of carbonyl (C=O) groups excluding carboxylic acids is 2. The van der Waals surface area contributed by atoms with Gasteiger partial charge in [0.1, 0.15) is 0 Å². The zero-order valence-electron chi connectivity index (χ0n) is 13.8. The van der Waals surface area contributed by atoms with E-state index in [1.165, 1.54) is 19.3 Å². The molecule has 3 amide bonds. The first-order chi connectivity index (χ1) is 9.79. The van der Waals surface area contributed by atoms with Crippen LogP contribution in [0.1, 0.15) is 59.3 Å². The van der Waals surface area contributed by atoms with Gasteiger partial charge in [0.2, 0.25) is 5.91 Å². The molecule has 1 aliphatic heterocycles. The van der Waals surface area contributed by atoms with Crippen LogP contribution in [0.25, 0.3) is 0 Å². The van der Waals surface area contributed by atoms with Gasteiger partial charge in [-0.25, -0.2) is 4.79 Å². The molecular weight excluding hydrogens is 266 g/mol. The third-order valence-electron chi connectivity index (χ3n) is 4.71. The zero-order chi connectivity index (χ0) is 15.6. The van der Waals surface area contributed by atoms with Gasteiger partial charge in [0, 0.05) is 31.6 Å². The van der Waals surface area contributed by atoms with E-state index in [2.05, 4.69) is 5.32 Å². The highest BCUT2D eigenvalue weighted by atomic mass is 16.2. The fraction of sp³-hybridized carbons (Fsp3) is 0.875. The highest BCUT2D eigenvalue weighted by Gasteiger charge is 2.37. The molecule has 2 fully saturated rings. The average molecular weight is 295 g/mol. The predicted octanol–water partition coefficient (Wildman–Crippen LogP) is 2.36. The van der Waals surface area contributed by atoms with Crippen LogP contribution in [0.15, 0.2) is 0 Å². The number of urea groups is 1. The molecule has 0 aromatic rings. The van der Waals surface area contributed by atoms with Gasteiger partial charge in [0.25, 0.3) is 0 Å². The van der Waals surface area contributed by atoms with Crippen LogP contribution >= 0.6 is 0 Å². The molecule has 0 unspecified atom stereocenters. The van der Waals surface area contributed by atoms with Crippen LogP contribution in [0.3, 0.4) is 0 Å². The van der Waals surface area contributed by atoms with E-state index < -0.39 is 0 Å². The summed E-state index contributed by atoms with van der Waals surface area (Å²) in [5.74, 6) is 0.133. The molecular formula is C16H29N3O2. The van der Waals surface area contributed by atoms with Crippen LogP contribution < -0.4 is 5.32 Å². The smallest absolute Gasteiger partial charge is 0.317 e. The van der Waals surface area contributed by atoms with Gasteiger partial charge < -0.3 is 15.1 Å². The third kappa shape index (κ3) is 3.89.